The highest BCUT2D eigenvalue weighted by molar-refractivity contribution is 5.54. The third kappa shape index (κ3) is 3.84. The van der Waals surface area contributed by atoms with Crippen molar-refractivity contribution in [3.05, 3.63) is 42.2 Å². The summed E-state index contributed by atoms with van der Waals surface area (Å²) in [7, 11) is 3.93. The maximum Gasteiger partial charge on any atom is 0.123 e. The van der Waals surface area contributed by atoms with Gasteiger partial charge < -0.3 is 10.2 Å². The quantitative estimate of drug-likeness (QED) is 0.588. The van der Waals surface area contributed by atoms with Crippen molar-refractivity contribution in [1.29, 1.82) is 0 Å². The highest BCUT2D eigenvalue weighted by Crippen LogP contribution is 2.26. The minimum absolute atomic E-state index is 0.137. The fourth-order valence-electron chi connectivity index (χ4n) is 1.97. The van der Waals surface area contributed by atoms with Gasteiger partial charge in [-0.1, -0.05) is 6.08 Å². The molecule has 0 aromatic heterocycles. The van der Waals surface area contributed by atoms with E-state index >= 15 is 0 Å². The van der Waals surface area contributed by atoms with E-state index in [9.17, 15) is 4.39 Å². The molecule has 1 atom stereocenters. The van der Waals surface area contributed by atoms with Crippen LogP contribution in [0.1, 0.15) is 31.4 Å². The largest absolute Gasteiger partial charge is 0.374 e. The molecule has 0 aliphatic heterocycles. The Labute approximate surface area is 110 Å². The summed E-state index contributed by atoms with van der Waals surface area (Å²) in [6.07, 6.45) is 3.99. The van der Waals surface area contributed by atoms with Crippen LogP contribution in [0.4, 0.5) is 10.1 Å². The number of nitrogens with zero attached hydrogens (tertiary/aromatic N) is 1. The summed E-state index contributed by atoms with van der Waals surface area (Å²) in [5.74, 6) is -0.185. The molecule has 0 bridgehead atoms. The van der Waals surface area contributed by atoms with Crippen LogP contribution in [0.5, 0.6) is 0 Å². The predicted molar refractivity (Wildman–Crippen MR) is 76.6 cm³/mol. The van der Waals surface area contributed by atoms with E-state index in [1.165, 1.54) is 6.07 Å². The van der Waals surface area contributed by atoms with E-state index in [2.05, 4.69) is 16.8 Å². The van der Waals surface area contributed by atoms with E-state index < -0.39 is 0 Å². The molecule has 0 heterocycles. The van der Waals surface area contributed by atoms with Gasteiger partial charge in [0.25, 0.3) is 0 Å². The molecule has 1 aromatic rings. The van der Waals surface area contributed by atoms with Crippen LogP contribution >= 0.6 is 0 Å². The number of unbranched alkanes of at least 4 members (excludes halogenated alkanes) is 1. The fraction of sp³-hybridized carbons (Fsp3) is 0.467. The van der Waals surface area contributed by atoms with E-state index in [1.807, 2.05) is 33.2 Å². The lowest BCUT2D eigenvalue weighted by Gasteiger charge is -2.25. The van der Waals surface area contributed by atoms with Crippen molar-refractivity contribution in [2.75, 3.05) is 25.5 Å². The molecule has 3 heteroatoms. The maximum atomic E-state index is 13.4. The van der Waals surface area contributed by atoms with Gasteiger partial charge in [0.15, 0.2) is 0 Å². The standard InChI is InChI=1S/C15H23FN2/c1-5-6-7-10-18(4)15-9-8-13(16)11-14(15)12(2)17-3/h5,8-9,11-12,17H,1,6-7,10H2,2-4H3. The molecule has 1 unspecified atom stereocenters. The van der Waals surface area contributed by atoms with Gasteiger partial charge in [-0.2, -0.15) is 0 Å². The Balaban J connectivity index is 2.88. The first-order valence-corrected chi connectivity index (χ1v) is 6.39. The van der Waals surface area contributed by atoms with Crippen LogP contribution in [0.15, 0.2) is 30.9 Å². The number of hydrogen-bond acceptors (Lipinski definition) is 2. The lowest BCUT2D eigenvalue weighted by atomic mass is 10.0. The fourth-order valence-corrected chi connectivity index (χ4v) is 1.97. The average Bonchev–Trinajstić information content (AvgIpc) is 2.37. The summed E-state index contributed by atoms with van der Waals surface area (Å²) >= 11 is 0. The molecule has 2 nitrogen and oxygen atoms in total. The zero-order chi connectivity index (χ0) is 13.5. The zero-order valence-electron chi connectivity index (χ0n) is 11.5. The van der Waals surface area contributed by atoms with Crippen molar-refractivity contribution >= 4 is 5.69 Å². The summed E-state index contributed by atoms with van der Waals surface area (Å²) in [5.41, 5.74) is 2.08. The molecular formula is C15H23FN2. The molecule has 0 spiro atoms. The first kappa shape index (κ1) is 14.7. The number of rotatable bonds is 7. The van der Waals surface area contributed by atoms with E-state index in [1.54, 1.807) is 6.07 Å². The van der Waals surface area contributed by atoms with Crippen molar-refractivity contribution in [2.24, 2.45) is 0 Å². The molecule has 0 aliphatic carbocycles. The van der Waals surface area contributed by atoms with Gasteiger partial charge in [-0.05, 0) is 50.6 Å². The summed E-state index contributed by atoms with van der Waals surface area (Å²) in [5, 5.41) is 3.16. The molecule has 1 N–H and O–H groups in total. The van der Waals surface area contributed by atoms with Crippen molar-refractivity contribution in [3.63, 3.8) is 0 Å². The Morgan fingerprint density at radius 3 is 2.83 bits per heavy atom. The number of anilines is 1. The van der Waals surface area contributed by atoms with Crippen molar-refractivity contribution in [3.8, 4) is 0 Å². The van der Waals surface area contributed by atoms with Gasteiger partial charge in [0.05, 0.1) is 0 Å². The third-order valence-electron chi connectivity index (χ3n) is 3.20. The molecule has 0 aliphatic rings. The SMILES string of the molecule is C=CCCCN(C)c1ccc(F)cc1C(C)NC. The first-order chi connectivity index (χ1) is 8.60. The normalized spacial score (nSPS) is 12.2. The van der Waals surface area contributed by atoms with Crippen LogP contribution in [-0.4, -0.2) is 20.6 Å². The summed E-state index contributed by atoms with van der Waals surface area (Å²) < 4.78 is 13.4. The number of halogens is 1. The van der Waals surface area contributed by atoms with Crippen molar-refractivity contribution in [1.82, 2.24) is 5.32 Å². The Hall–Kier alpha value is -1.35. The number of hydrogen-bond donors (Lipinski definition) is 1. The molecule has 1 aromatic carbocycles. The molecule has 0 amide bonds. The second-order valence-electron chi connectivity index (χ2n) is 4.57. The lowest BCUT2D eigenvalue weighted by Crippen LogP contribution is -2.23. The number of nitrogens with one attached hydrogen (secondary N) is 1. The molecule has 100 valence electrons. The van der Waals surface area contributed by atoms with Gasteiger partial charge in [-0.25, -0.2) is 4.39 Å². The van der Waals surface area contributed by atoms with Gasteiger partial charge >= 0.3 is 0 Å². The van der Waals surface area contributed by atoms with Gasteiger partial charge in [0.2, 0.25) is 0 Å². The minimum Gasteiger partial charge on any atom is -0.374 e. The van der Waals surface area contributed by atoms with Crippen LogP contribution in [0, 0.1) is 5.82 Å². The van der Waals surface area contributed by atoms with Crippen LogP contribution in [-0.2, 0) is 0 Å². The molecule has 0 saturated heterocycles. The first-order valence-electron chi connectivity index (χ1n) is 6.39. The number of allylic oxidation sites excluding steroid dienone is 1. The van der Waals surface area contributed by atoms with Crippen molar-refractivity contribution in [2.45, 2.75) is 25.8 Å². The predicted octanol–water partition coefficient (Wildman–Crippen LogP) is 3.51. The average molecular weight is 250 g/mol. The minimum atomic E-state index is -0.185. The van der Waals surface area contributed by atoms with Gasteiger partial charge in [0, 0.05) is 25.3 Å². The monoisotopic (exact) mass is 250 g/mol. The second kappa shape index (κ2) is 7.17. The highest BCUT2D eigenvalue weighted by Gasteiger charge is 2.13. The van der Waals surface area contributed by atoms with Crippen LogP contribution < -0.4 is 10.2 Å². The van der Waals surface area contributed by atoms with E-state index in [0.717, 1.165) is 30.6 Å². The lowest BCUT2D eigenvalue weighted by molar-refractivity contribution is 0.607. The molecule has 1 rings (SSSR count). The Kier molecular flexibility index (Phi) is 5.86. The maximum absolute atomic E-state index is 13.4. The zero-order valence-corrected chi connectivity index (χ0v) is 11.5. The van der Waals surface area contributed by atoms with Crippen LogP contribution in [0.25, 0.3) is 0 Å². The van der Waals surface area contributed by atoms with E-state index in [4.69, 9.17) is 0 Å². The topological polar surface area (TPSA) is 15.3 Å². The van der Waals surface area contributed by atoms with Gasteiger partial charge in [0.1, 0.15) is 5.82 Å². The highest BCUT2D eigenvalue weighted by atomic mass is 19.1. The van der Waals surface area contributed by atoms with Gasteiger partial charge in [-0.3, -0.25) is 0 Å². The Morgan fingerprint density at radius 2 is 2.22 bits per heavy atom. The van der Waals surface area contributed by atoms with Crippen LogP contribution in [0.3, 0.4) is 0 Å². The second-order valence-corrected chi connectivity index (χ2v) is 4.57. The van der Waals surface area contributed by atoms with Crippen molar-refractivity contribution < 1.29 is 4.39 Å². The molecule has 18 heavy (non-hydrogen) atoms. The summed E-state index contributed by atoms with van der Waals surface area (Å²) in [4.78, 5) is 2.17. The molecule has 0 fully saturated rings. The van der Waals surface area contributed by atoms with E-state index in [-0.39, 0.29) is 11.9 Å². The molecule has 0 saturated carbocycles. The summed E-state index contributed by atoms with van der Waals surface area (Å²) in [6.45, 7) is 6.71. The third-order valence-corrected chi connectivity index (χ3v) is 3.20. The van der Waals surface area contributed by atoms with Crippen LogP contribution in [0.2, 0.25) is 0 Å². The van der Waals surface area contributed by atoms with E-state index in [0.29, 0.717) is 0 Å². The number of benzene rings is 1. The van der Waals surface area contributed by atoms with Gasteiger partial charge in [-0.15, -0.1) is 6.58 Å². The molecule has 0 radical (unpaired) electrons. The molecular weight excluding hydrogens is 227 g/mol. The Bertz CT molecular complexity index is 390. The smallest absolute Gasteiger partial charge is 0.123 e. The Morgan fingerprint density at radius 1 is 1.50 bits per heavy atom. The summed E-state index contributed by atoms with van der Waals surface area (Å²) in [6, 6.07) is 5.12.